The summed E-state index contributed by atoms with van der Waals surface area (Å²) in [4.78, 5) is 35.4. The van der Waals surface area contributed by atoms with Gasteiger partial charge in [0.25, 0.3) is 11.5 Å². The molecule has 1 aromatic heterocycles. The number of nitrogens with zero attached hydrogens (tertiary/aromatic N) is 1. The molecule has 1 aromatic carbocycles. The molecule has 0 saturated carbocycles. The summed E-state index contributed by atoms with van der Waals surface area (Å²) in [6.07, 6.45) is -4.63. The second-order valence-electron chi connectivity index (χ2n) is 5.08. The lowest BCUT2D eigenvalue weighted by atomic mass is 10.1. The molecular formula is C15H13F3N2O5. The Hall–Kier alpha value is -3.04. The van der Waals surface area contributed by atoms with Gasteiger partial charge in [-0.25, -0.2) is 0 Å². The molecule has 0 aliphatic heterocycles. The number of carbonyl (C=O) groups is 2. The number of rotatable bonds is 3. The molecule has 2 N–H and O–H groups in total. The Morgan fingerprint density at radius 3 is 2.52 bits per heavy atom. The van der Waals surface area contributed by atoms with Crippen LogP contribution < -0.4 is 10.9 Å². The van der Waals surface area contributed by atoms with E-state index >= 15 is 0 Å². The van der Waals surface area contributed by atoms with Crippen LogP contribution in [0, 0.1) is 0 Å². The van der Waals surface area contributed by atoms with Crippen LogP contribution in [0.2, 0.25) is 0 Å². The number of esters is 1. The molecular weight excluding hydrogens is 345 g/mol. The highest BCUT2D eigenvalue weighted by Crippen LogP contribution is 2.33. The van der Waals surface area contributed by atoms with Crippen LogP contribution in [0.25, 0.3) is 10.9 Å². The zero-order chi connectivity index (χ0) is 18.9. The molecule has 0 aliphatic rings. The number of aromatic nitrogens is 1. The maximum atomic E-state index is 12.8. The third-order valence-electron chi connectivity index (χ3n) is 3.54. The highest BCUT2D eigenvalue weighted by atomic mass is 19.4. The Morgan fingerprint density at radius 1 is 1.32 bits per heavy atom. The Bertz CT molecular complexity index is 918. The first-order valence-corrected chi connectivity index (χ1v) is 6.85. The molecule has 0 aliphatic carbocycles. The molecule has 7 nitrogen and oxygen atoms in total. The Labute approximate surface area is 138 Å². The van der Waals surface area contributed by atoms with Crippen molar-refractivity contribution in [1.82, 2.24) is 9.88 Å². The van der Waals surface area contributed by atoms with Gasteiger partial charge in [-0.3, -0.25) is 14.4 Å². The summed E-state index contributed by atoms with van der Waals surface area (Å²) < 4.78 is 43.6. The second kappa shape index (κ2) is 6.46. The lowest BCUT2D eigenvalue weighted by Crippen LogP contribution is -2.35. The van der Waals surface area contributed by atoms with Crippen molar-refractivity contribution in [3.63, 3.8) is 0 Å². The van der Waals surface area contributed by atoms with Crippen molar-refractivity contribution in [3.05, 3.63) is 39.7 Å². The largest absolute Gasteiger partial charge is 0.506 e. The number of nitrogens with one attached hydrogen (secondary N) is 1. The first kappa shape index (κ1) is 18.3. The molecule has 25 heavy (non-hydrogen) atoms. The van der Waals surface area contributed by atoms with Crippen molar-refractivity contribution in [1.29, 1.82) is 0 Å². The van der Waals surface area contributed by atoms with Gasteiger partial charge in [0.05, 0.1) is 18.2 Å². The van der Waals surface area contributed by atoms with Crippen molar-refractivity contribution < 1.29 is 32.6 Å². The molecule has 0 atom stereocenters. The summed E-state index contributed by atoms with van der Waals surface area (Å²) in [7, 11) is 2.26. The smallest absolute Gasteiger partial charge is 0.416 e. The summed E-state index contributed by atoms with van der Waals surface area (Å²) in [5.74, 6) is -2.60. The molecule has 0 saturated heterocycles. The van der Waals surface area contributed by atoms with Crippen molar-refractivity contribution >= 4 is 22.8 Å². The fraction of sp³-hybridized carbons (Fsp3) is 0.267. The van der Waals surface area contributed by atoms with Crippen LogP contribution in [0.1, 0.15) is 15.9 Å². The number of alkyl halides is 3. The Morgan fingerprint density at radius 2 is 1.96 bits per heavy atom. The van der Waals surface area contributed by atoms with E-state index in [1.807, 2.05) is 0 Å². The third kappa shape index (κ3) is 3.42. The number of benzene rings is 1. The van der Waals surface area contributed by atoms with E-state index in [4.69, 9.17) is 0 Å². The number of aryl methyl sites for hydroxylation is 1. The molecule has 134 valence electrons. The number of fused-ring (bicyclic) bond motifs is 1. The van der Waals surface area contributed by atoms with Gasteiger partial charge in [-0.2, -0.15) is 13.2 Å². The highest BCUT2D eigenvalue weighted by Gasteiger charge is 2.31. The van der Waals surface area contributed by atoms with Gasteiger partial charge in [0.15, 0.2) is 0 Å². The number of halogens is 3. The molecule has 1 heterocycles. The average molecular weight is 358 g/mol. The van der Waals surface area contributed by atoms with Crippen LogP contribution >= 0.6 is 0 Å². The fourth-order valence-electron chi connectivity index (χ4n) is 2.22. The number of carbonyl (C=O) groups excluding carboxylic acids is 2. The maximum absolute atomic E-state index is 12.8. The van der Waals surface area contributed by atoms with Crippen molar-refractivity contribution in [2.75, 3.05) is 13.7 Å². The number of ether oxygens (including phenoxy) is 1. The number of amides is 1. The second-order valence-corrected chi connectivity index (χ2v) is 5.08. The summed E-state index contributed by atoms with van der Waals surface area (Å²) in [6.45, 7) is -0.539. The molecule has 2 aromatic rings. The molecule has 1 amide bonds. The minimum absolute atomic E-state index is 0.113. The van der Waals surface area contributed by atoms with Gasteiger partial charge in [-0.1, -0.05) is 0 Å². The van der Waals surface area contributed by atoms with E-state index in [-0.39, 0.29) is 10.9 Å². The molecule has 0 spiro atoms. The first-order chi connectivity index (χ1) is 11.6. The monoisotopic (exact) mass is 358 g/mol. The number of hydrogen-bond donors (Lipinski definition) is 2. The fourth-order valence-corrected chi connectivity index (χ4v) is 2.22. The lowest BCUT2D eigenvalue weighted by molar-refractivity contribution is -0.139. The molecule has 0 radical (unpaired) electrons. The van der Waals surface area contributed by atoms with E-state index in [1.165, 1.54) is 7.05 Å². The SMILES string of the molecule is COC(=O)CNC(=O)c1c(O)c2ccc(C(F)(F)F)cc2n(C)c1=O. The molecule has 0 bridgehead atoms. The molecule has 0 unspecified atom stereocenters. The van der Waals surface area contributed by atoms with Crippen LogP contribution in [-0.4, -0.2) is 35.2 Å². The van der Waals surface area contributed by atoms with Crippen molar-refractivity contribution in [2.45, 2.75) is 6.18 Å². The quantitative estimate of drug-likeness (QED) is 0.803. The van der Waals surface area contributed by atoms with Gasteiger partial charge in [0, 0.05) is 12.4 Å². The van der Waals surface area contributed by atoms with E-state index in [0.717, 1.165) is 23.8 Å². The highest BCUT2D eigenvalue weighted by molar-refractivity contribution is 6.03. The van der Waals surface area contributed by atoms with Crippen LogP contribution in [-0.2, 0) is 22.8 Å². The van der Waals surface area contributed by atoms with Gasteiger partial charge >= 0.3 is 12.1 Å². The summed E-state index contributed by atoms with van der Waals surface area (Å²) in [5, 5.41) is 12.1. The van der Waals surface area contributed by atoms with E-state index in [1.54, 1.807) is 0 Å². The first-order valence-electron chi connectivity index (χ1n) is 6.85. The van der Waals surface area contributed by atoms with Crippen LogP contribution in [0.4, 0.5) is 13.2 Å². The molecule has 0 fully saturated rings. The topological polar surface area (TPSA) is 97.6 Å². The predicted octanol–water partition coefficient (Wildman–Crippen LogP) is 1.17. The minimum atomic E-state index is -4.63. The van der Waals surface area contributed by atoms with E-state index in [0.29, 0.717) is 6.07 Å². The van der Waals surface area contributed by atoms with Crippen LogP contribution in [0.15, 0.2) is 23.0 Å². The Kier molecular flexibility index (Phi) is 4.73. The van der Waals surface area contributed by atoms with E-state index in [2.05, 4.69) is 10.1 Å². The van der Waals surface area contributed by atoms with Crippen LogP contribution in [0.5, 0.6) is 5.75 Å². The third-order valence-corrected chi connectivity index (χ3v) is 3.54. The number of hydrogen-bond acceptors (Lipinski definition) is 5. The standard InChI is InChI=1S/C15H13F3N2O5/c1-20-9-5-7(15(16,17)18)3-4-8(9)12(22)11(14(20)24)13(23)19-6-10(21)25-2/h3-5,22H,6H2,1-2H3,(H,19,23). The Balaban J connectivity index is 2.59. The molecule has 2 rings (SSSR count). The number of methoxy groups -OCH3 is 1. The van der Waals surface area contributed by atoms with Gasteiger partial charge in [0.1, 0.15) is 17.9 Å². The van der Waals surface area contributed by atoms with E-state index in [9.17, 15) is 32.7 Å². The van der Waals surface area contributed by atoms with Gasteiger partial charge in [0.2, 0.25) is 0 Å². The van der Waals surface area contributed by atoms with Crippen molar-refractivity contribution in [3.8, 4) is 5.75 Å². The van der Waals surface area contributed by atoms with Gasteiger partial charge in [-0.05, 0) is 18.2 Å². The molecule has 10 heteroatoms. The average Bonchev–Trinajstić information content (AvgIpc) is 2.56. The van der Waals surface area contributed by atoms with Gasteiger partial charge in [-0.15, -0.1) is 0 Å². The van der Waals surface area contributed by atoms with E-state index < -0.39 is 47.0 Å². The predicted molar refractivity (Wildman–Crippen MR) is 80.2 cm³/mol. The summed E-state index contributed by atoms with van der Waals surface area (Å²) in [6, 6.07) is 2.39. The summed E-state index contributed by atoms with van der Waals surface area (Å²) in [5.41, 5.74) is -2.88. The zero-order valence-electron chi connectivity index (χ0n) is 13.1. The maximum Gasteiger partial charge on any atom is 0.416 e. The zero-order valence-corrected chi connectivity index (χ0v) is 13.1. The van der Waals surface area contributed by atoms with Crippen LogP contribution in [0.3, 0.4) is 0 Å². The van der Waals surface area contributed by atoms with Crippen molar-refractivity contribution in [2.24, 2.45) is 7.05 Å². The summed E-state index contributed by atoms with van der Waals surface area (Å²) >= 11 is 0. The number of aromatic hydroxyl groups is 1. The number of pyridine rings is 1. The lowest BCUT2D eigenvalue weighted by Gasteiger charge is -2.14. The minimum Gasteiger partial charge on any atom is -0.506 e. The van der Waals surface area contributed by atoms with Gasteiger partial charge < -0.3 is 19.7 Å². The normalized spacial score (nSPS) is 11.4.